The van der Waals surface area contributed by atoms with Crippen LogP contribution >= 0.6 is 11.3 Å². The van der Waals surface area contributed by atoms with Crippen LogP contribution in [-0.2, 0) is 26.0 Å². The van der Waals surface area contributed by atoms with Gasteiger partial charge in [0.05, 0.1) is 34.0 Å². The van der Waals surface area contributed by atoms with E-state index in [1.165, 1.54) is 6.92 Å². The summed E-state index contributed by atoms with van der Waals surface area (Å²) in [4.78, 5) is 20.4. The first-order chi connectivity index (χ1) is 14.9. The number of carbonyl (C=O) groups is 1. The van der Waals surface area contributed by atoms with E-state index in [-0.39, 0.29) is 10.8 Å². The lowest BCUT2D eigenvalue weighted by atomic mass is 10.2. The highest BCUT2D eigenvalue weighted by Crippen LogP contribution is 2.33. The van der Waals surface area contributed by atoms with E-state index in [0.717, 1.165) is 39.7 Å². The average Bonchev–Trinajstić information content (AvgIpc) is 3.37. The van der Waals surface area contributed by atoms with E-state index >= 15 is 0 Å². The van der Waals surface area contributed by atoms with E-state index in [0.29, 0.717) is 31.9 Å². The molecule has 3 heterocycles. The highest BCUT2D eigenvalue weighted by atomic mass is 32.2. The molecule has 2 aromatic carbocycles. The van der Waals surface area contributed by atoms with Gasteiger partial charge in [-0.3, -0.25) is 9.52 Å². The molecule has 8 nitrogen and oxygen atoms in total. The Labute approximate surface area is 184 Å². The number of anilines is 3. The first-order valence-corrected chi connectivity index (χ1v) is 12.4. The molecular weight excluding hydrogens is 436 g/mol. The molecule has 0 spiro atoms. The molecule has 3 aromatic rings. The van der Waals surface area contributed by atoms with Crippen molar-refractivity contribution in [3.8, 4) is 0 Å². The number of nitrogens with one attached hydrogen (secondary N) is 1. The predicted molar refractivity (Wildman–Crippen MR) is 122 cm³/mol. The molecule has 1 saturated heterocycles. The number of rotatable bonds is 4. The minimum absolute atomic E-state index is 0.0400. The Morgan fingerprint density at radius 1 is 1.13 bits per heavy atom. The third-order valence-electron chi connectivity index (χ3n) is 5.55. The van der Waals surface area contributed by atoms with E-state index in [2.05, 4.69) is 14.6 Å². The quantitative estimate of drug-likeness (QED) is 0.646. The number of morpholine rings is 1. The number of benzene rings is 2. The van der Waals surface area contributed by atoms with E-state index in [9.17, 15) is 13.2 Å². The number of amides is 1. The fraction of sp³-hybridized carbons (Fsp3) is 0.333. The van der Waals surface area contributed by atoms with Gasteiger partial charge in [0.15, 0.2) is 5.13 Å². The molecule has 1 aromatic heterocycles. The van der Waals surface area contributed by atoms with Gasteiger partial charge in [-0.1, -0.05) is 11.3 Å². The molecule has 0 unspecified atom stereocenters. The number of aromatic nitrogens is 1. The van der Waals surface area contributed by atoms with Crippen LogP contribution in [0.25, 0.3) is 10.2 Å². The van der Waals surface area contributed by atoms with Gasteiger partial charge in [0, 0.05) is 32.2 Å². The second-order valence-corrected chi connectivity index (χ2v) is 10.3. The number of hydrogen-bond donors (Lipinski definition) is 1. The summed E-state index contributed by atoms with van der Waals surface area (Å²) in [6, 6.07) is 10.3. The summed E-state index contributed by atoms with van der Waals surface area (Å²) in [6.45, 7) is 5.08. The number of fused-ring (bicyclic) bond motifs is 2. The first-order valence-electron chi connectivity index (χ1n) is 10.1. The molecule has 0 saturated carbocycles. The molecule has 5 rings (SSSR count). The number of sulfonamides is 1. The SMILES string of the molecule is CC(=O)N1CCc2cc(S(=O)(=O)Nc3ccc4nc(N5CCOCC5)sc4c3)ccc21. The van der Waals surface area contributed by atoms with Gasteiger partial charge >= 0.3 is 0 Å². The number of carbonyl (C=O) groups excluding carboxylic acids is 1. The molecule has 0 bridgehead atoms. The van der Waals surface area contributed by atoms with E-state index in [1.54, 1.807) is 40.5 Å². The van der Waals surface area contributed by atoms with Crippen LogP contribution in [0.1, 0.15) is 12.5 Å². The molecule has 1 N–H and O–H groups in total. The van der Waals surface area contributed by atoms with E-state index in [1.807, 2.05) is 12.1 Å². The molecule has 2 aliphatic rings. The Morgan fingerprint density at radius 2 is 1.94 bits per heavy atom. The smallest absolute Gasteiger partial charge is 0.261 e. The van der Waals surface area contributed by atoms with Crippen molar-refractivity contribution in [3.63, 3.8) is 0 Å². The van der Waals surface area contributed by atoms with Crippen LogP contribution in [0.4, 0.5) is 16.5 Å². The topological polar surface area (TPSA) is 91.8 Å². The summed E-state index contributed by atoms with van der Waals surface area (Å²) in [6.07, 6.45) is 0.648. The minimum Gasteiger partial charge on any atom is -0.378 e. The van der Waals surface area contributed by atoms with Crippen LogP contribution in [0.5, 0.6) is 0 Å². The molecular formula is C21H22N4O4S2. The Morgan fingerprint density at radius 3 is 2.71 bits per heavy atom. The van der Waals surface area contributed by atoms with Gasteiger partial charge in [0.1, 0.15) is 0 Å². The molecule has 10 heteroatoms. The fourth-order valence-corrected chi connectivity index (χ4v) is 6.11. The molecule has 1 fully saturated rings. The lowest BCUT2D eigenvalue weighted by molar-refractivity contribution is -0.116. The average molecular weight is 459 g/mol. The summed E-state index contributed by atoms with van der Waals surface area (Å²) < 4.78 is 35.0. The molecule has 1 amide bonds. The van der Waals surface area contributed by atoms with Gasteiger partial charge in [-0.05, 0) is 48.4 Å². The van der Waals surface area contributed by atoms with Crippen molar-refractivity contribution in [1.29, 1.82) is 0 Å². The summed E-state index contributed by atoms with van der Waals surface area (Å²) in [5.74, 6) is -0.0400. The third kappa shape index (κ3) is 3.86. The van der Waals surface area contributed by atoms with Crippen molar-refractivity contribution < 1.29 is 17.9 Å². The number of nitrogens with zero attached hydrogens (tertiary/aromatic N) is 3. The minimum atomic E-state index is -3.75. The number of ether oxygens (including phenoxy) is 1. The van der Waals surface area contributed by atoms with Crippen LogP contribution < -0.4 is 14.5 Å². The monoisotopic (exact) mass is 458 g/mol. The summed E-state index contributed by atoms with van der Waals surface area (Å²) in [5.41, 5.74) is 2.99. The lowest BCUT2D eigenvalue weighted by Crippen LogP contribution is -2.36. The molecule has 2 aliphatic heterocycles. The standard InChI is InChI=1S/C21H22N4O4S2/c1-14(26)25-7-6-15-12-17(3-5-19(15)25)31(27,28)23-16-2-4-18-20(13-16)30-21(22-18)24-8-10-29-11-9-24/h2-5,12-13,23H,6-11H2,1H3. The molecule has 0 aliphatic carbocycles. The maximum absolute atomic E-state index is 13.0. The third-order valence-corrected chi connectivity index (χ3v) is 8.01. The molecule has 0 atom stereocenters. The largest absolute Gasteiger partial charge is 0.378 e. The fourth-order valence-electron chi connectivity index (χ4n) is 3.95. The van der Waals surface area contributed by atoms with Gasteiger partial charge in [0.25, 0.3) is 10.0 Å². The zero-order valence-corrected chi connectivity index (χ0v) is 18.6. The predicted octanol–water partition coefficient (Wildman–Crippen LogP) is 2.84. The van der Waals surface area contributed by atoms with Crippen LogP contribution in [0.2, 0.25) is 0 Å². The maximum Gasteiger partial charge on any atom is 0.261 e. The van der Waals surface area contributed by atoms with Gasteiger partial charge < -0.3 is 14.5 Å². The molecule has 0 radical (unpaired) electrons. The van der Waals surface area contributed by atoms with Gasteiger partial charge in [0.2, 0.25) is 5.91 Å². The first kappa shape index (κ1) is 20.2. The van der Waals surface area contributed by atoms with Crippen molar-refractivity contribution >= 4 is 54.0 Å². The Balaban J connectivity index is 1.39. The van der Waals surface area contributed by atoms with Gasteiger partial charge in [-0.25, -0.2) is 13.4 Å². The normalized spacial score (nSPS) is 16.5. The Hall–Kier alpha value is -2.69. The highest BCUT2D eigenvalue weighted by Gasteiger charge is 2.25. The number of hydrogen-bond acceptors (Lipinski definition) is 7. The zero-order valence-electron chi connectivity index (χ0n) is 17.0. The lowest BCUT2D eigenvalue weighted by Gasteiger charge is -2.25. The van der Waals surface area contributed by atoms with E-state index in [4.69, 9.17) is 4.74 Å². The van der Waals surface area contributed by atoms with Crippen molar-refractivity contribution in [2.24, 2.45) is 0 Å². The van der Waals surface area contributed by atoms with Gasteiger partial charge in [-0.15, -0.1) is 0 Å². The van der Waals surface area contributed by atoms with Crippen molar-refractivity contribution in [2.75, 3.05) is 47.4 Å². The van der Waals surface area contributed by atoms with Crippen LogP contribution in [0.3, 0.4) is 0 Å². The zero-order chi connectivity index (χ0) is 21.6. The number of thiazole rings is 1. The summed E-state index contributed by atoms with van der Waals surface area (Å²) >= 11 is 1.55. The van der Waals surface area contributed by atoms with Crippen LogP contribution in [-0.4, -0.2) is 52.2 Å². The van der Waals surface area contributed by atoms with E-state index < -0.39 is 10.0 Å². The summed E-state index contributed by atoms with van der Waals surface area (Å²) in [5, 5.41) is 0.923. The van der Waals surface area contributed by atoms with Crippen molar-refractivity contribution in [2.45, 2.75) is 18.2 Å². The van der Waals surface area contributed by atoms with Crippen LogP contribution in [0, 0.1) is 0 Å². The Kier molecular flexibility index (Phi) is 5.07. The van der Waals surface area contributed by atoms with Crippen molar-refractivity contribution in [1.82, 2.24) is 4.98 Å². The second kappa shape index (κ2) is 7.77. The van der Waals surface area contributed by atoms with Gasteiger partial charge in [-0.2, -0.15) is 0 Å². The molecule has 162 valence electrons. The van der Waals surface area contributed by atoms with Crippen LogP contribution in [0.15, 0.2) is 41.3 Å². The highest BCUT2D eigenvalue weighted by molar-refractivity contribution is 7.92. The second-order valence-electron chi connectivity index (χ2n) is 7.60. The summed E-state index contributed by atoms with van der Waals surface area (Å²) in [7, 11) is -3.75. The molecule has 31 heavy (non-hydrogen) atoms. The van der Waals surface area contributed by atoms with Crippen molar-refractivity contribution in [3.05, 3.63) is 42.0 Å². The Bertz CT molecular complexity index is 1270. The maximum atomic E-state index is 13.0.